The molecule has 1 aromatic carbocycles. The van der Waals surface area contributed by atoms with Gasteiger partial charge in [-0.3, -0.25) is 0 Å². The monoisotopic (exact) mass is 255 g/mol. The van der Waals surface area contributed by atoms with Crippen LogP contribution >= 0.6 is 0 Å². The first-order valence-corrected chi connectivity index (χ1v) is 6.47. The Morgan fingerprint density at radius 3 is 2.84 bits per heavy atom. The molecule has 0 unspecified atom stereocenters. The van der Waals surface area contributed by atoms with Crippen LogP contribution in [0.1, 0.15) is 16.7 Å². The summed E-state index contributed by atoms with van der Waals surface area (Å²) in [5.74, 6) is 1.78. The zero-order chi connectivity index (χ0) is 13.2. The number of rotatable bonds is 3. The minimum atomic E-state index is 0.752. The van der Waals surface area contributed by atoms with Gasteiger partial charge in [-0.2, -0.15) is 0 Å². The van der Waals surface area contributed by atoms with Gasteiger partial charge in [0.05, 0.1) is 6.61 Å². The van der Waals surface area contributed by atoms with Crippen LogP contribution in [0.5, 0.6) is 5.75 Å². The minimum absolute atomic E-state index is 0.752. The maximum Gasteiger partial charge on any atom is 0.225 e. The lowest BCUT2D eigenvalue weighted by Gasteiger charge is -2.17. The third-order valence-electron chi connectivity index (χ3n) is 3.28. The summed E-state index contributed by atoms with van der Waals surface area (Å²) in [4.78, 5) is 10.7. The molecule has 0 aliphatic carbocycles. The number of nitrogens with zero attached hydrogens (tertiary/aromatic N) is 3. The van der Waals surface area contributed by atoms with Crippen LogP contribution in [0.2, 0.25) is 0 Å². The van der Waals surface area contributed by atoms with Crippen molar-refractivity contribution in [1.82, 2.24) is 9.97 Å². The molecule has 0 N–H and O–H groups in total. The largest absolute Gasteiger partial charge is 0.493 e. The first kappa shape index (κ1) is 12.0. The van der Waals surface area contributed by atoms with Crippen molar-refractivity contribution in [3.63, 3.8) is 0 Å². The van der Waals surface area contributed by atoms with Crippen molar-refractivity contribution in [3.05, 3.63) is 47.3 Å². The van der Waals surface area contributed by atoms with Gasteiger partial charge in [0.2, 0.25) is 5.95 Å². The molecule has 1 aliphatic heterocycles. The van der Waals surface area contributed by atoms with E-state index in [0.717, 1.165) is 36.8 Å². The number of ether oxygens (including phenoxy) is 1. The van der Waals surface area contributed by atoms with Gasteiger partial charge in [0.1, 0.15) is 5.75 Å². The molecule has 0 atom stereocenters. The molecule has 19 heavy (non-hydrogen) atoms. The summed E-state index contributed by atoms with van der Waals surface area (Å²) in [6.45, 7) is 3.59. The Bertz CT molecular complexity index is 580. The van der Waals surface area contributed by atoms with Gasteiger partial charge in [-0.15, -0.1) is 0 Å². The molecule has 1 aliphatic rings. The normalized spacial score (nSPS) is 12.9. The van der Waals surface area contributed by atoms with E-state index >= 15 is 0 Å². The lowest BCUT2D eigenvalue weighted by molar-refractivity contribution is 0.357. The van der Waals surface area contributed by atoms with Crippen LogP contribution in [0.15, 0.2) is 30.6 Å². The molecule has 4 nitrogen and oxygen atoms in total. The van der Waals surface area contributed by atoms with Gasteiger partial charge >= 0.3 is 0 Å². The molecule has 3 rings (SSSR count). The lowest BCUT2D eigenvalue weighted by Crippen LogP contribution is -2.19. The van der Waals surface area contributed by atoms with Crippen molar-refractivity contribution in [2.24, 2.45) is 0 Å². The highest BCUT2D eigenvalue weighted by Gasteiger charge is 2.13. The van der Waals surface area contributed by atoms with E-state index in [-0.39, 0.29) is 0 Å². The second kappa shape index (κ2) is 4.88. The Labute approximate surface area is 113 Å². The molecule has 4 heteroatoms. The standard InChI is InChI=1S/C15H17N3O/c1-11-8-16-15(17-9-11)18(2)10-12-3-4-14-13(7-12)5-6-19-14/h3-4,7-9H,5-6,10H2,1-2H3. The summed E-state index contributed by atoms with van der Waals surface area (Å²) in [6.07, 6.45) is 4.69. The minimum Gasteiger partial charge on any atom is -0.493 e. The van der Waals surface area contributed by atoms with Gasteiger partial charge in [-0.25, -0.2) is 9.97 Å². The molecule has 2 aromatic rings. The summed E-state index contributed by atoms with van der Waals surface area (Å²) >= 11 is 0. The van der Waals surface area contributed by atoms with Crippen LogP contribution in [-0.4, -0.2) is 23.6 Å². The van der Waals surface area contributed by atoms with Gasteiger partial charge in [0, 0.05) is 32.4 Å². The van der Waals surface area contributed by atoms with Crippen molar-refractivity contribution in [1.29, 1.82) is 0 Å². The van der Waals surface area contributed by atoms with E-state index in [1.807, 2.05) is 26.4 Å². The highest BCUT2D eigenvalue weighted by molar-refractivity contribution is 5.41. The Morgan fingerprint density at radius 2 is 2.05 bits per heavy atom. The Balaban J connectivity index is 1.75. The second-order valence-electron chi connectivity index (χ2n) is 4.96. The second-order valence-corrected chi connectivity index (χ2v) is 4.96. The third-order valence-corrected chi connectivity index (χ3v) is 3.28. The maximum atomic E-state index is 5.52. The van der Waals surface area contributed by atoms with Gasteiger partial charge in [0.25, 0.3) is 0 Å². The fourth-order valence-corrected chi connectivity index (χ4v) is 2.27. The zero-order valence-electron chi connectivity index (χ0n) is 11.3. The van der Waals surface area contributed by atoms with Crippen molar-refractivity contribution >= 4 is 5.95 Å². The first-order valence-electron chi connectivity index (χ1n) is 6.47. The van der Waals surface area contributed by atoms with Crippen LogP contribution in [0.25, 0.3) is 0 Å². The molecule has 2 heterocycles. The van der Waals surface area contributed by atoms with Crippen LogP contribution in [0.3, 0.4) is 0 Å². The smallest absolute Gasteiger partial charge is 0.225 e. The Morgan fingerprint density at radius 1 is 1.26 bits per heavy atom. The van der Waals surface area contributed by atoms with Gasteiger partial charge in [0.15, 0.2) is 0 Å². The third kappa shape index (κ3) is 2.52. The fraction of sp³-hybridized carbons (Fsp3) is 0.333. The highest BCUT2D eigenvalue weighted by atomic mass is 16.5. The van der Waals surface area contributed by atoms with E-state index in [1.54, 1.807) is 0 Å². The summed E-state index contributed by atoms with van der Waals surface area (Å²) in [5, 5.41) is 0. The average molecular weight is 255 g/mol. The zero-order valence-corrected chi connectivity index (χ0v) is 11.3. The fourth-order valence-electron chi connectivity index (χ4n) is 2.27. The van der Waals surface area contributed by atoms with Gasteiger partial charge in [-0.05, 0) is 29.7 Å². The quantitative estimate of drug-likeness (QED) is 0.844. The summed E-state index contributed by atoms with van der Waals surface area (Å²) in [5.41, 5.74) is 3.64. The molecule has 0 amide bonds. The topological polar surface area (TPSA) is 38.2 Å². The van der Waals surface area contributed by atoms with E-state index in [0.29, 0.717) is 0 Å². The number of anilines is 1. The first-order chi connectivity index (χ1) is 9.22. The Hall–Kier alpha value is -2.10. The summed E-state index contributed by atoms with van der Waals surface area (Å²) < 4.78 is 5.52. The van der Waals surface area contributed by atoms with E-state index in [4.69, 9.17) is 4.74 Å². The average Bonchev–Trinajstić information content (AvgIpc) is 2.87. The number of aromatic nitrogens is 2. The summed E-state index contributed by atoms with van der Waals surface area (Å²) in [7, 11) is 2.01. The van der Waals surface area contributed by atoms with E-state index < -0.39 is 0 Å². The SMILES string of the molecule is Cc1cnc(N(C)Cc2ccc3c(c2)CCO3)nc1. The van der Waals surface area contributed by atoms with E-state index in [1.165, 1.54) is 11.1 Å². The van der Waals surface area contributed by atoms with Gasteiger partial charge < -0.3 is 9.64 Å². The van der Waals surface area contributed by atoms with Crippen LogP contribution in [-0.2, 0) is 13.0 Å². The predicted octanol–water partition coefficient (Wildman–Crippen LogP) is 2.36. The molecule has 0 radical (unpaired) electrons. The highest BCUT2D eigenvalue weighted by Crippen LogP contribution is 2.26. The number of benzene rings is 1. The molecular weight excluding hydrogens is 238 g/mol. The van der Waals surface area contributed by atoms with Crippen molar-refractivity contribution in [2.75, 3.05) is 18.6 Å². The molecule has 98 valence electrons. The van der Waals surface area contributed by atoms with Crippen LogP contribution < -0.4 is 9.64 Å². The number of hydrogen-bond donors (Lipinski definition) is 0. The summed E-state index contributed by atoms with van der Waals surface area (Å²) in [6, 6.07) is 6.38. The Kier molecular flexibility index (Phi) is 3.07. The molecule has 0 fully saturated rings. The molecule has 0 spiro atoms. The van der Waals surface area contributed by atoms with Gasteiger partial charge in [-0.1, -0.05) is 12.1 Å². The van der Waals surface area contributed by atoms with E-state index in [2.05, 4.69) is 33.1 Å². The lowest BCUT2D eigenvalue weighted by atomic mass is 10.1. The molecule has 1 aromatic heterocycles. The maximum absolute atomic E-state index is 5.52. The van der Waals surface area contributed by atoms with Crippen molar-refractivity contribution in [2.45, 2.75) is 19.9 Å². The van der Waals surface area contributed by atoms with Crippen molar-refractivity contribution < 1.29 is 4.74 Å². The number of fused-ring (bicyclic) bond motifs is 1. The molecule has 0 saturated carbocycles. The molecular formula is C15H17N3O. The van der Waals surface area contributed by atoms with Crippen molar-refractivity contribution in [3.8, 4) is 5.75 Å². The molecule has 0 saturated heterocycles. The molecule has 0 bridgehead atoms. The van der Waals surface area contributed by atoms with Crippen LogP contribution in [0.4, 0.5) is 5.95 Å². The predicted molar refractivity (Wildman–Crippen MR) is 74.5 cm³/mol. The van der Waals surface area contributed by atoms with Crippen LogP contribution in [0, 0.1) is 6.92 Å². The number of aryl methyl sites for hydroxylation is 1. The number of hydrogen-bond acceptors (Lipinski definition) is 4. The van der Waals surface area contributed by atoms with E-state index in [9.17, 15) is 0 Å².